The largest absolute Gasteiger partial charge is 0.481 e. The first-order chi connectivity index (χ1) is 14.2. The minimum atomic E-state index is -1.74. The molecule has 0 aliphatic rings. The maximum absolute atomic E-state index is 12.5. The molecule has 31 heavy (non-hydrogen) atoms. The number of nitrogens with one attached hydrogen (secondary N) is 3. The van der Waals surface area contributed by atoms with E-state index in [1.165, 1.54) is 0 Å². The van der Waals surface area contributed by atoms with Crippen molar-refractivity contribution in [2.24, 2.45) is 11.5 Å². The second kappa shape index (κ2) is 12.7. The molecule has 0 heterocycles. The number of carbonyl (C=O) groups is 7. The molecule has 0 fully saturated rings. The van der Waals surface area contributed by atoms with Crippen LogP contribution in [0.3, 0.4) is 0 Å². The van der Waals surface area contributed by atoms with Gasteiger partial charge in [-0.15, -0.1) is 0 Å². The van der Waals surface area contributed by atoms with Crippen molar-refractivity contribution in [3.63, 3.8) is 0 Å². The lowest BCUT2D eigenvalue weighted by molar-refractivity contribution is -0.143. The van der Waals surface area contributed by atoms with E-state index in [0.29, 0.717) is 0 Å². The topological polar surface area (TPSA) is 268 Å². The molecule has 0 aliphatic heterocycles. The van der Waals surface area contributed by atoms with E-state index in [4.69, 9.17) is 26.8 Å². The van der Waals surface area contributed by atoms with Crippen LogP contribution in [0.2, 0.25) is 0 Å². The van der Waals surface area contributed by atoms with Crippen LogP contribution in [-0.4, -0.2) is 81.0 Å². The Hall–Kier alpha value is -3.75. The summed E-state index contributed by atoms with van der Waals surface area (Å²) < 4.78 is 0. The summed E-state index contributed by atoms with van der Waals surface area (Å²) in [6.07, 6.45) is -2.39. The lowest BCUT2D eigenvalue weighted by Gasteiger charge is -2.23. The summed E-state index contributed by atoms with van der Waals surface area (Å²) in [6, 6.07) is -6.12. The quantitative estimate of drug-likeness (QED) is 0.127. The second-order valence-electron chi connectivity index (χ2n) is 6.50. The van der Waals surface area contributed by atoms with Crippen LogP contribution in [0.1, 0.15) is 32.6 Å². The van der Waals surface area contributed by atoms with Gasteiger partial charge in [0.15, 0.2) is 0 Å². The van der Waals surface area contributed by atoms with Crippen LogP contribution in [0.15, 0.2) is 0 Å². The molecule has 0 saturated carbocycles. The van der Waals surface area contributed by atoms with Crippen molar-refractivity contribution in [1.82, 2.24) is 16.0 Å². The predicted octanol–water partition coefficient (Wildman–Crippen LogP) is -3.91. The number of rotatable bonds is 14. The van der Waals surface area contributed by atoms with Crippen LogP contribution in [0.25, 0.3) is 0 Å². The summed E-state index contributed by atoms with van der Waals surface area (Å²) in [4.78, 5) is 80.3. The highest BCUT2D eigenvalue weighted by Crippen LogP contribution is 2.01. The standard InChI is InChI=1S/C16H25N5O10/c1-6(16(30)31)19-14(28)9(5-12(25)26)21-15(29)8(4-10(18)22)20-13(27)7(17)2-3-11(23)24/h6-9H,2-5,17H2,1H3,(H2,18,22)(H,19,28)(H,20,27)(H,21,29)(H,23,24)(H,25,26)(H,30,31). The van der Waals surface area contributed by atoms with E-state index in [1.54, 1.807) is 0 Å². The number of hydrogen-bond donors (Lipinski definition) is 8. The highest BCUT2D eigenvalue weighted by molar-refractivity contribution is 5.97. The van der Waals surface area contributed by atoms with Gasteiger partial charge >= 0.3 is 17.9 Å². The van der Waals surface area contributed by atoms with Crippen molar-refractivity contribution in [3.8, 4) is 0 Å². The second-order valence-corrected chi connectivity index (χ2v) is 6.50. The molecule has 4 amide bonds. The zero-order chi connectivity index (χ0) is 24.3. The first kappa shape index (κ1) is 27.2. The summed E-state index contributed by atoms with van der Waals surface area (Å²) in [5, 5.41) is 32.5. The lowest BCUT2D eigenvalue weighted by Crippen LogP contribution is -2.57. The van der Waals surface area contributed by atoms with Crippen LogP contribution < -0.4 is 27.4 Å². The maximum atomic E-state index is 12.5. The van der Waals surface area contributed by atoms with Gasteiger partial charge in [0.25, 0.3) is 0 Å². The zero-order valence-electron chi connectivity index (χ0n) is 16.5. The molecule has 0 bridgehead atoms. The Morgan fingerprint density at radius 1 is 0.774 bits per heavy atom. The zero-order valence-corrected chi connectivity index (χ0v) is 16.5. The fourth-order valence-electron chi connectivity index (χ4n) is 2.13. The molecular formula is C16H25N5O10. The number of aliphatic carboxylic acids is 3. The molecule has 15 heteroatoms. The van der Waals surface area contributed by atoms with Gasteiger partial charge in [0, 0.05) is 6.42 Å². The van der Waals surface area contributed by atoms with Gasteiger partial charge in [0.1, 0.15) is 18.1 Å². The highest BCUT2D eigenvalue weighted by atomic mass is 16.4. The lowest BCUT2D eigenvalue weighted by atomic mass is 10.1. The third-order valence-electron chi connectivity index (χ3n) is 3.79. The van der Waals surface area contributed by atoms with Crippen LogP contribution >= 0.6 is 0 Å². The SMILES string of the molecule is CC(NC(=O)C(CC(=O)O)NC(=O)C(CC(N)=O)NC(=O)C(N)CCC(=O)O)C(=O)O. The summed E-state index contributed by atoms with van der Waals surface area (Å²) in [5.41, 5.74) is 10.6. The Labute approximate surface area is 175 Å². The van der Waals surface area contributed by atoms with Crippen molar-refractivity contribution in [3.05, 3.63) is 0 Å². The molecular weight excluding hydrogens is 422 g/mol. The fourth-order valence-corrected chi connectivity index (χ4v) is 2.13. The summed E-state index contributed by atoms with van der Waals surface area (Å²) >= 11 is 0. The minimum Gasteiger partial charge on any atom is -0.481 e. The number of carboxylic acids is 3. The van der Waals surface area contributed by atoms with Crippen molar-refractivity contribution in [1.29, 1.82) is 0 Å². The summed E-state index contributed by atoms with van der Waals surface area (Å²) in [5.74, 6) is -8.44. The molecule has 0 spiro atoms. The third kappa shape index (κ3) is 11.1. The van der Waals surface area contributed by atoms with Gasteiger partial charge in [0.2, 0.25) is 23.6 Å². The maximum Gasteiger partial charge on any atom is 0.325 e. The highest BCUT2D eigenvalue weighted by Gasteiger charge is 2.31. The fraction of sp³-hybridized carbons (Fsp3) is 0.562. The Kier molecular flexibility index (Phi) is 11.2. The normalized spacial score (nSPS) is 14.3. The molecule has 0 aromatic heterocycles. The summed E-state index contributed by atoms with van der Waals surface area (Å²) in [7, 11) is 0. The third-order valence-corrected chi connectivity index (χ3v) is 3.79. The molecule has 0 saturated heterocycles. The number of amides is 4. The van der Waals surface area contributed by atoms with E-state index < -0.39 is 85.0 Å². The number of nitrogens with two attached hydrogens (primary N) is 2. The van der Waals surface area contributed by atoms with Gasteiger partial charge in [-0.2, -0.15) is 0 Å². The van der Waals surface area contributed by atoms with Crippen LogP contribution in [-0.2, 0) is 33.6 Å². The van der Waals surface area contributed by atoms with Gasteiger partial charge in [-0.05, 0) is 13.3 Å². The van der Waals surface area contributed by atoms with Crippen molar-refractivity contribution >= 4 is 41.5 Å². The minimum absolute atomic E-state index is 0.275. The molecule has 0 aromatic rings. The van der Waals surface area contributed by atoms with Crippen molar-refractivity contribution in [2.75, 3.05) is 0 Å². The van der Waals surface area contributed by atoms with Gasteiger partial charge in [-0.25, -0.2) is 0 Å². The van der Waals surface area contributed by atoms with E-state index in [0.717, 1.165) is 6.92 Å². The molecule has 4 unspecified atom stereocenters. The van der Waals surface area contributed by atoms with Crippen LogP contribution in [0.4, 0.5) is 0 Å². The Balaban J connectivity index is 5.36. The smallest absolute Gasteiger partial charge is 0.325 e. The van der Waals surface area contributed by atoms with Gasteiger partial charge in [-0.3, -0.25) is 33.6 Å². The van der Waals surface area contributed by atoms with Crippen molar-refractivity contribution in [2.45, 2.75) is 56.8 Å². The Bertz CT molecular complexity index is 740. The molecule has 0 aliphatic carbocycles. The van der Waals surface area contributed by atoms with E-state index >= 15 is 0 Å². The monoisotopic (exact) mass is 447 g/mol. The Morgan fingerprint density at radius 3 is 1.71 bits per heavy atom. The number of primary amides is 1. The predicted molar refractivity (Wildman–Crippen MR) is 100 cm³/mol. The van der Waals surface area contributed by atoms with Gasteiger partial charge < -0.3 is 42.7 Å². The average molecular weight is 447 g/mol. The molecule has 0 rings (SSSR count). The first-order valence-corrected chi connectivity index (χ1v) is 8.86. The average Bonchev–Trinajstić information content (AvgIpc) is 2.63. The van der Waals surface area contributed by atoms with E-state index in [2.05, 4.69) is 5.32 Å². The van der Waals surface area contributed by atoms with E-state index in [9.17, 15) is 33.6 Å². The Morgan fingerprint density at radius 2 is 1.26 bits per heavy atom. The van der Waals surface area contributed by atoms with Gasteiger partial charge in [0.05, 0.1) is 18.9 Å². The molecule has 174 valence electrons. The number of carbonyl (C=O) groups excluding carboxylic acids is 4. The molecule has 0 aromatic carbocycles. The van der Waals surface area contributed by atoms with Crippen molar-refractivity contribution < 1.29 is 48.9 Å². The number of hydrogen-bond acceptors (Lipinski definition) is 8. The summed E-state index contributed by atoms with van der Waals surface area (Å²) in [6.45, 7) is 1.11. The first-order valence-electron chi connectivity index (χ1n) is 8.86. The van der Waals surface area contributed by atoms with Gasteiger partial charge in [-0.1, -0.05) is 0 Å². The van der Waals surface area contributed by atoms with Crippen LogP contribution in [0, 0.1) is 0 Å². The molecule has 0 radical (unpaired) electrons. The molecule has 4 atom stereocenters. The number of carboxylic acid groups (broad SMARTS) is 3. The molecule has 15 nitrogen and oxygen atoms in total. The van der Waals surface area contributed by atoms with E-state index in [-0.39, 0.29) is 6.42 Å². The van der Waals surface area contributed by atoms with Crippen LogP contribution in [0.5, 0.6) is 0 Å². The van der Waals surface area contributed by atoms with E-state index in [1.807, 2.05) is 10.6 Å². The molecule has 10 N–H and O–H groups in total.